The van der Waals surface area contributed by atoms with Crippen LogP contribution >= 0.6 is 11.6 Å². The molecular weight excluding hydrogens is 257 g/mol. The molecule has 16 heavy (non-hydrogen) atoms. The number of nitrogens with zero attached hydrogens (tertiary/aromatic N) is 1. The van der Waals surface area contributed by atoms with Crippen molar-refractivity contribution >= 4 is 16.8 Å². The van der Waals surface area contributed by atoms with Crippen LogP contribution in [0.4, 0.5) is 22.0 Å². The number of hydrogen-bond acceptors (Lipinski definition) is 2. The number of pyridine rings is 1. The Balaban J connectivity index is 3.39. The van der Waals surface area contributed by atoms with Gasteiger partial charge in [0, 0.05) is 5.56 Å². The second-order valence-electron chi connectivity index (χ2n) is 2.71. The first kappa shape index (κ1) is 12.8. The van der Waals surface area contributed by atoms with Crippen LogP contribution in [0.15, 0.2) is 12.1 Å². The van der Waals surface area contributed by atoms with Gasteiger partial charge in [0.15, 0.2) is 5.69 Å². The highest BCUT2D eigenvalue weighted by Gasteiger charge is 2.38. The normalized spacial score (nSPS) is 11.9. The molecule has 0 aliphatic rings. The third-order valence-electron chi connectivity index (χ3n) is 1.63. The van der Waals surface area contributed by atoms with Crippen molar-refractivity contribution in [3.05, 3.63) is 29.1 Å². The summed E-state index contributed by atoms with van der Waals surface area (Å²) in [5, 5.41) is -1.24. The predicted molar refractivity (Wildman–Crippen MR) is 44.4 cm³/mol. The number of rotatable bonds is 2. The van der Waals surface area contributed by atoms with Gasteiger partial charge in [-0.05, 0) is 23.7 Å². The van der Waals surface area contributed by atoms with Crippen LogP contribution in [0.25, 0.3) is 0 Å². The Morgan fingerprint density at radius 1 is 1.31 bits per heavy atom. The van der Waals surface area contributed by atoms with Crippen LogP contribution < -0.4 is 0 Å². The van der Waals surface area contributed by atoms with Gasteiger partial charge < -0.3 is 0 Å². The van der Waals surface area contributed by atoms with Gasteiger partial charge in [0.2, 0.25) is 0 Å². The molecule has 0 bridgehead atoms. The van der Waals surface area contributed by atoms with Crippen LogP contribution in [0, 0.1) is 0 Å². The van der Waals surface area contributed by atoms with Gasteiger partial charge >= 0.3 is 6.18 Å². The molecule has 0 radical (unpaired) electrons. The molecule has 0 fully saturated rings. The average Bonchev–Trinajstić information content (AvgIpc) is 2.15. The van der Waals surface area contributed by atoms with Gasteiger partial charge in [0.1, 0.15) is 5.69 Å². The van der Waals surface area contributed by atoms with Crippen LogP contribution in [0.2, 0.25) is 0 Å². The average molecular weight is 260 g/mol. The molecule has 1 heterocycles. The lowest BCUT2D eigenvalue weighted by atomic mass is 10.1. The van der Waals surface area contributed by atoms with Gasteiger partial charge in [0.05, 0.1) is 0 Å². The van der Waals surface area contributed by atoms with Crippen molar-refractivity contribution in [1.29, 1.82) is 0 Å². The maximum atomic E-state index is 12.3. The molecule has 0 aliphatic heterocycles. The molecule has 0 spiro atoms. The summed E-state index contributed by atoms with van der Waals surface area (Å²) < 4.78 is 61.4. The number of hydrogen-bond donors (Lipinski definition) is 0. The fourth-order valence-corrected chi connectivity index (χ4v) is 1.09. The third kappa shape index (κ3) is 2.66. The van der Waals surface area contributed by atoms with Gasteiger partial charge in [-0.15, -0.1) is 0 Å². The van der Waals surface area contributed by atoms with Crippen molar-refractivity contribution < 1.29 is 26.7 Å². The van der Waals surface area contributed by atoms with Crippen molar-refractivity contribution in [3.8, 4) is 0 Å². The SMILES string of the molecule is O=C(Cl)c1ccc(C(F)F)c(C(F)(F)F)n1. The smallest absolute Gasteiger partial charge is 0.274 e. The molecule has 0 atom stereocenters. The van der Waals surface area contributed by atoms with Gasteiger partial charge in [0.25, 0.3) is 11.7 Å². The first-order valence-electron chi connectivity index (χ1n) is 3.79. The summed E-state index contributed by atoms with van der Waals surface area (Å²) in [5.41, 5.74) is -3.80. The van der Waals surface area contributed by atoms with Gasteiger partial charge in [-0.3, -0.25) is 4.79 Å². The van der Waals surface area contributed by atoms with E-state index in [1.165, 1.54) is 0 Å². The molecule has 1 aromatic rings. The number of carbonyl (C=O) groups is 1. The lowest BCUT2D eigenvalue weighted by Gasteiger charge is -2.11. The monoisotopic (exact) mass is 259 g/mol. The second kappa shape index (κ2) is 4.32. The van der Waals surface area contributed by atoms with E-state index in [0.717, 1.165) is 0 Å². The summed E-state index contributed by atoms with van der Waals surface area (Å²) in [4.78, 5) is 13.3. The van der Waals surface area contributed by atoms with E-state index in [-0.39, 0.29) is 0 Å². The molecule has 0 unspecified atom stereocenters. The maximum Gasteiger partial charge on any atom is 0.433 e. The zero-order chi connectivity index (χ0) is 12.5. The molecule has 0 saturated carbocycles. The molecule has 0 aliphatic carbocycles. The van der Waals surface area contributed by atoms with Crippen molar-refractivity contribution in [3.63, 3.8) is 0 Å². The first-order valence-corrected chi connectivity index (χ1v) is 4.17. The number of carbonyl (C=O) groups excluding carboxylic acids is 1. The summed E-state index contributed by atoms with van der Waals surface area (Å²) in [6.07, 6.45) is -8.39. The lowest BCUT2D eigenvalue weighted by molar-refractivity contribution is -0.143. The highest BCUT2D eigenvalue weighted by Crippen LogP contribution is 2.35. The Labute approximate surface area is 91.0 Å². The Bertz CT molecular complexity index is 417. The molecule has 0 aromatic carbocycles. The van der Waals surface area contributed by atoms with Crippen LogP contribution in [-0.2, 0) is 6.18 Å². The highest BCUT2D eigenvalue weighted by atomic mass is 35.5. The Hall–Kier alpha value is -1.24. The lowest BCUT2D eigenvalue weighted by Crippen LogP contribution is -2.14. The summed E-state index contributed by atoms with van der Waals surface area (Å²) in [6.45, 7) is 0. The molecule has 1 rings (SSSR count). The minimum atomic E-state index is -5.06. The van der Waals surface area contributed by atoms with E-state index in [1.807, 2.05) is 0 Å². The fourth-order valence-electron chi connectivity index (χ4n) is 0.983. The molecule has 0 N–H and O–H groups in total. The first-order chi connectivity index (χ1) is 7.23. The van der Waals surface area contributed by atoms with Crippen molar-refractivity contribution in [2.24, 2.45) is 0 Å². The molecule has 2 nitrogen and oxygen atoms in total. The molecule has 0 saturated heterocycles. The minimum Gasteiger partial charge on any atom is -0.274 e. The minimum absolute atomic E-state index is 0.482. The van der Waals surface area contributed by atoms with E-state index in [4.69, 9.17) is 11.6 Å². The molecule has 0 amide bonds. The Morgan fingerprint density at radius 3 is 2.25 bits per heavy atom. The van der Waals surface area contributed by atoms with E-state index >= 15 is 0 Å². The summed E-state index contributed by atoms with van der Waals surface area (Å²) in [6, 6.07) is 1.20. The largest absolute Gasteiger partial charge is 0.433 e. The summed E-state index contributed by atoms with van der Waals surface area (Å²) in [7, 11) is 0. The van der Waals surface area contributed by atoms with Crippen LogP contribution in [-0.4, -0.2) is 10.2 Å². The highest BCUT2D eigenvalue weighted by molar-refractivity contribution is 6.67. The van der Waals surface area contributed by atoms with Crippen LogP contribution in [0.1, 0.15) is 28.2 Å². The maximum absolute atomic E-state index is 12.3. The topological polar surface area (TPSA) is 30.0 Å². The van der Waals surface area contributed by atoms with Crippen molar-refractivity contribution in [2.45, 2.75) is 12.6 Å². The van der Waals surface area contributed by atoms with E-state index in [1.54, 1.807) is 0 Å². The van der Waals surface area contributed by atoms with E-state index in [2.05, 4.69) is 4.98 Å². The number of halogens is 6. The number of aromatic nitrogens is 1. The fraction of sp³-hybridized carbons (Fsp3) is 0.250. The third-order valence-corrected chi connectivity index (χ3v) is 1.83. The van der Waals surface area contributed by atoms with Gasteiger partial charge in [-0.2, -0.15) is 13.2 Å². The van der Waals surface area contributed by atoms with E-state index in [0.29, 0.717) is 12.1 Å². The van der Waals surface area contributed by atoms with Crippen LogP contribution in [0.5, 0.6) is 0 Å². The summed E-state index contributed by atoms with van der Waals surface area (Å²) in [5.74, 6) is 0. The zero-order valence-corrected chi connectivity index (χ0v) is 8.11. The van der Waals surface area contributed by atoms with Gasteiger partial charge in [-0.1, -0.05) is 0 Å². The van der Waals surface area contributed by atoms with Crippen molar-refractivity contribution in [1.82, 2.24) is 4.98 Å². The molecule has 1 aromatic heterocycles. The van der Waals surface area contributed by atoms with E-state index < -0.39 is 34.8 Å². The van der Waals surface area contributed by atoms with Crippen LogP contribution in [0.3, 0.4) is 0 Å². The quantitative estimate of drug-likeness (QED) is 0.602. The standard InChI is InChI=1S/C8H3ClF5NO/c9-6(16)4-2-1-3(7(10)11)5(15-4)8(12,13)14/h1-2,7H. The number of alkyl halides is 5. The van der Waals surface area contributed by atoms with Gasteiger partial charge in [-0.25, -0.2) is 13.8 Å². The second-order valence-corrected chi connectivity index (χ2v) is 3.05. The predicted octanol–water partition coefficient (Wildman–Crippen LogP) is 3.42. The molecular formula is C8H3ClF5NO. The van der Waals surface area contributed by atoms with E-state index in [9.17, 15) is 26.7 Å². The molecule has 88 valence electrons. The zero-order valence-electron chi connectivity index (χ0n) is 7.36. The molecule has 8 heteroatoms. The Morgan fingerprint density at radius 2 is 1.88 bits per heavy atom. The van der Waals surface area contributed by atoms with Crippen molar-refractivity contribution in [2.75, 3.05) is 0 Å². The Kier molecular flexibility index (Phi) is 3.47. The summed E-state index contributed by atoms with van der Waals surface area (Å²) >= 11 is 4.90.